The zero-order chi connectivity index (χ0) is 21.0. The third kappa shape index (κ3) is 6.82. The Labute approximate surface area is 164 Å². The minimum atomic E-state index is 0.199. The van der Waals surface area contributed by atoms with Crippen LogP contribution in [0.15, 0.2) is 41.8 Å². The molecule has 0 radical (unpaired) electrons. The number of aliphatic imine (C=N–C) groups is 1. The second kappa shape index (κ2) is 12.6. The van der Waals surface area contributed by atoms with Crippen molar-refractivity contribution in [3.8, 4) is 6.07 Å². The van der Waals surface area contributed by atoms with Gasteiger partial charge in [0.15, 0.2) is 0 Å². The van der Waals surface area contributed by atoms with Crippen molar-refractivity contribution in [2.45, 2.75) is 61.9 Å². The van der Waals surface area contributed by atoms with Gasteiger partial charge in [0.2, 0.25) is 0 Å². The fraction of sp³-hybridized carbons (Fsp3) is 0.455. The van der Waals surface area contributed by atoms with Crippen molar-refractivity contribution in [3.05, 3.63) is 59.3 Å². The molecule has 0 unspecified atom stereocenters. The Morgan fingerprint density at radius 2 is 1.93 bits per heavy atom. The first-order valence-electron chi connectivity index (χ1n) is 9.55. The lowest BCUT2D eigenvalue weighted by Crippen LogP contribution is -2.13. The summed E-state index contributed by atoms with van der Waals surface area (Å²) in [7, 11) is 0. The summed E-state index contributed by atoms with van der Waals surface area (Å²) in [5.41, 5.74) is 5.00. The Kier molecular flexibility index (Phi) is 11.3. The standard InChI is InChI=1S/C18H21N5.2C2H6/c1-12(2)18(21-13(3)4)17-14(5)23(10-15(17)9-19)11-16-7-6-8-20-22-16;2*1-2/h6-8,10,12H,3,11H2,1-2,4-5H3;2*1-2H3. The highest BCUT2D eigenvalue weighted by atomic mass is 15.1. The van der Waals surface area contributed by atoms with Gasteiger partial charge in [0.1, 0.15) is 6.07 Å². The van der Waals surface area contributed by atoms with E-state index < -0.39 is 0 Å². The lowest BCUT2D eigenvalue weighted by molar-refractivity contribution is 0.735. The van der Waals surface area contributed by atoms with Gasteiger partial charge >= 0.3 is 0 Å². The second-order valence-electron chi connectivity index (χ2n) is 5.84. The number of hydrogen-bond acceptors (Lipinski definition) is 4. The van der Waals surface area contributed by atoms with Crippen molar-refractivity contribution in [2.75, 3.05) is 0 Å². The van der Waals surface area contributed by atoms with Gasteiger partial charge < -0.3 is 4.57 Å². The molecule has 5 heteroatoms. The Hall–Kier alpha value is -2.74. The molecule has 0 aromatic carbocycles. The van der Waals surface area contributed by atoms with E-state index in [-0.39, 0.29) is 5.92 Å². The molecular weight excluding hydrogens is 334 g/mol. The molecule has 2 heterocycles. The lowest BCUT2D eigenvalue weighted by Gasteiger charge is -2.12. The molecule has 5 nitrogen and oxygen atoms in total. The predicted octanol–water partition coefficient (Wildman–Crippen LogP) is 5.54. The van der Waals surface area contributed by atoms with E-state index in [9.17, 15) is 5.26 Å². The molecule has 0 aliphatic heterocycles. The maximum Gasteiger partial charge on any atom is 0.101 e. The van der Waals surface area contributed by atoms with Crippen LogP contribution in [0.1, 0.15) is 71.0 Å². The van der Waals surface area contributed by atoms with Crippen LogP contribution < -0.4 is 0 Å². The zero-order valence-corrected chi connectivity index (χ0v) is 18.0. The summed E-state index contributed by atoms with van der Waals surface area (Å²) in [4.78, 5) is 4.57. The van der Waals surface area contributed by atoms with E-state index in [1.165, 1.54) is 0 Å². The number of nitriles is 1. The van der Waals surface area contributed by atoms with E-state index in [4.69, 9.17) is 0 Å². The van der Waals surface area contributed by atoms with Crippen molar-refractivity contribution in [2.24, 2.45) is 10.9 Å². The van der Waals surface area contributed by atoms with Crippen molar-refractivity contribution < 1.29 is 0 Å². The average Bonchev–Trinajstić information content (AvgIpc) is 2.99. The first kappa shape index (κ1) is 24.3. The SMILES string of the molecule is C=C(C)N=C(c1c(C#N)cn(Cc2cccnn2)c1C)C(C)C.CC.CC. The highest BCUT2D eigenvalue weighted by molar-refractivity contribution is 6.05. The maximum atomic E-state index is 9.52. The van der Waals surface area contributed by atoms with Crippen LogP contribution in [0.5, 0.6) is 0 Å². The molecule has 2 rings (SSSR count). The summed E-state index contributed by atoms with van der Waals surface area (Å²) in [5, 5.41) is 17.5. The van der Waals surface area contributed by atoms with Gasteiger partial charge in [-0.2, -0.15) is 15.5 Å². The van der Waals surface area contributed by atoms with E-state index in [0.29, 0.717) is 12.1 Å². The van der Waals surface area contributed by atoms with E-state index in [1.807, 2.05) is 64.4 Å². The molecule has 2 aromatic rings. The smallest absolute Gasteiger partial charge is 0.101 e. The monoisotopic (exact) mass is 367 g/mol. The van der Waals surface area contributed by atoms with Gasteiger partial charge in [-0.25, -0.2) is 0 Å². The van der Waals surface area contributed by atoms with Gasteiger partial charge in [0, 0.05) is 29.3 Å². The van der Waals surface area contributed by atoms with Gasteiger partial charge in [-0.1, -0.05) is 48.1 Å². The van der Waals surface area contributed by atoms with Crippen LogP contribution in [0.4, 0.5) is 0 Å². The van der Waals surface area contributed by atoms with Crippen molar-refractivity contribution in [1.29, 1.82) is 5.26 Å². The largest absolute Gasteiger partial charge is 0.344 e. The van der Waals surface area contributed by atoms with Gasteiger partial charge in [-0.05, 0) is 31.9 Å². The third-order valence-corrected chi connectivity index (χ3v) is 3.54. The topological polar surface area (TPSA) is 66.9 Å². The van der Waals surface area contributed by atoms with E-state index in [2.05, 4.69) is 41.7 Å². The van der Waals surface area contributed by atoms with Crippen LogP contribution in [-0.2, 0) is 6.54 Å². The Balaban J connectivity index is 0.00000158. The number of rotatable bonds is 5. The minimum Gasteiger partial charge on any atom is -0.344 e. The molecule has 0 atom stereocenters. The van der Waals surface area contributed by atoms with Gasteiger partial charge in [0.05, 0.1) is 23.5 Å². The number of hydrogen-bond donors (Lipinski definition) is 0. The van der Waals surface area contributed by atoms with Crippen LogP contribution >= 0.6 is 0 Å². The van der Waals surface area contributed by atoms with Gasteiger partial charge in [0.25, 0.3) is 0 Å². The van der Waals surface area contributed by atoms with Crippen LogP contribution in [0.3, 0.4) is 0 Å². The summed E-state index contributed by atoms with van der Waals surface area (Å²) in [5.74, 6) is 0.199. The fourth-order valence-corrected chi connectivity index (χ4v) is 2.50. The fourth-order valence-electron chi connectivity index (χ4n) is 2.50. The first-order valence-corrected chi connectivity index (χ1v) is 9.55. The summed E-state index contributed by atoms with van der Waals surface area (Å²) in [6, 6.07) is 6.06. The van der Waals surface area contributed by atoms with Crippen LogP contribution in [0.25, 0.3) is 0 Å². The molecular formula is C22H33N5. The summed E-state index contributed by atoms with van der Waals surface area (Å²) >= 11 is 0. The van der Waals surface area contributed by atoms with Crippen molar-refractivity contribution >= 4 is 5.71 Å². The molecule has 0 aliphatic carbocycles. The molecule has 27 heavy (non-hydrogen) atoms. The van der Waals surface area contributed by atoms with Crippen molar-refractivity contribution in [1.82, 2.24) is 14.8 Å². The van der Waals surface area contributed by atoms with Crippen LogP contribution in [0, 0.1) is 24.2 Å². The predicted molar refractivity (Wildman–Crippen MR) is 114 cm³/mol. The Bertz CT molecular complexity index is 777. The molecule has 0 bridgehead atoms. The van der Waals surface area contributed by atoms with Gasteiger partial charge in [-0.15, -0.1) is 0 Å². The molecule has 0 N–H and O–H groups in total. The Morgan fingerprint density at radius 1 is 1.30 bits per heavy atom. The quantitative estimate of drug-likeness (QED) is 0.652. The molecule has 0 fully saturated rings. The van der Waals surface area contributed by atoms with Crippen LogP contribution in [0.2, 0.25) is 0 Å². The molecule has 146 valence electrons. The molecule has 0 aliphatic rings. The highest BCUT2D eigenvalue weighted by Crippen LogP contribution is 2.23. The van der Waals surface area contributed by atoms with Crippen LogP contribution in [-0.4, -0.2) is 20.5 Å². The number of aromatic nitrogens is 3. The summed E-state index contributed by atoms with van der Waals surface area (Å²) in [6.45, 7) is 20.5. The van der Waals surface area contributed by atoms with Crippen molar-refractivity contribution in [3.63, 3.8) is 0 Å². The molecule has 0 amide bonds. The maximum absolute atomic E-state index is 9.52. The lowest BCUT2D eigenvalue weighted by atomic mass is 9.97. The highest BCUT2D eigenvalue weighted by Gasteiger charge is 2.20. The molecule has 2 aromatic heterocycles. The number of nitrogens with zero attached hydrogens (tertiary/aromatic N) is 5. The summed E-state index contributed by atoms with van der Waals surface area (Å²) < 4.78 is 2.02. The normalized spacial score (nSPS) is 10.3. The van der Waals surface area contributed by atoms with E-state index >= 15 is 0 Å². The van der Waals surface area contributed by atoms with E-state index in [1.54, 1.807) is 6.20 Å². The van der Waals surface area contributed by atoms with E-state index in [0.717, 1.165) is 28.4 Å². The molecule has 0 saturated carbocycles. The third-order valence-electron chi connectivity index (χ3n) is 3.54. The number of allylic oxidation sites excluding steroid dienone is 1. The molecule has 0 saturated heterocycles. The second-order valence-corrected chi connectivity index (χ2v) is 5.84. The zero-order valence-electron chi connectivity index (χ0n) is 18.0. The minimum absolute atomic E-state index is 0.199. The Morgan fingerprint density at radius 3 is 2.37 bits per heavy atom. The summed E-state index contributed by atoms with van der Waals surface area (Å²) in [6.07, 6.45) is 3.50. The van der Waals surface area contributed by atoms with Gasteiger partial charge in [-0.3, -0.25) is 4.99 Å². The average molecular weight is 368 g/mol. The first-order chi connectivity index (χ1) is 12.9. The molecule has 0 spiro atoms.